The van der Waals surface area contributed by atoms with Crippen molar-refractivity contribution in [2.24, 2.45) is 0 Å². The molecular formula is C16H22N4. The van der Waals surface area contributed by atoms with E-state index in [-0.39, 0.29) is 0 Å². The number of pyridine rings is 1. The SMILES string of the molecule is CC(CNc1c(N)cnc2ccccc12)N(C)C1CC1. The summed E-state index contributed by atoms with van der Waals surface area (Å²) in [6.45, 7) is 3.15. The lowest BCUT2D eigenvalue weighted by atomic mass is 10.1. The molecule has 0 bridgehead atoms. The van der Waals surface area contributed by atoms with E-state index in [0.717, 1.165) is 29.2 Å². The van der Waals surface area contributed by atoms with Gasteiger partial charge in [-0.25, -0.2) is 0 Å². The zero-order valence-corrected chi connectivity index (χ0v) is 12.1. The number of hydrogen-bond acceptors (Lipinski definition) is 4. The zero-order chi connectivity index (χ0) is 14.1. The van der Waals surface area contributed by atoms with Gasteiger partial charge in [0.25, 0.3) is 0 Å². The lowest BCUT2D eigenvalue weighted by molar-refractivity contribution is 0.257. The van der Waals surface area contributed by atoms with Crippen LogP contribution in [0.1, 0.15) is 19.8 Å². The van der Waals surface area contributed by atoms with Crippen molar-refractivity contribution in [2.75, 3.05) is 24.6 Å². The Morgan fingerprint density at radius 2 is 2.15 bits per heavy atom. The van der Waals surface area contributed by atoms with Gasteiger partial charge in [-0.05, 0) is 32.9 Å². The molecule has 1 atom stereocenters. The van der Waals surface area contributed by atoms with Crippen LogP contribution >= 0.6 is 0 Å². The third-order valence-corrected chi connectivity index (χ3v) is 4.20. The first kappa shape index (κ1) is 13.2. The number of anilines is 2. The first-order valence-corrected chi connectivity index (χ1v) is 7.26. The fraction of sp³-hybridized carbons (Fsp3) is 0.438. The summed E-state index contributed by atoms with van der Waals surface area (Å²) in [6.07, 6.45) is 4.41. The molecule has 1 aliphatic carbocycles. The van der Waals surface area contributed by atoms with Gasteiger partial charge in [0.15, 0.2) is 0 Å². The highest BCUT2D eigenvalue weighted by Crippen LogP contribution is 2.29. The molecule has 0 aliphatic heterocycles. The molecule has 4 heteroatoms. The summed E-state index contributed by atoms with van der Waals surface area (Å²) in [5.74, 6) is 0. The van der Waals surface area contributed by atoms with E-state index in [9.17, 15) is 0 Å². The lowest BCUT2D eigenvalue weighted by Gasteiger charge is -2.25. The Bertz CT molecular complexity index is 606. The minimum Gasteiger partial charge on any atom is -0.396 e. The van der Waals surface area contributed by atoms with E-state index in [0.29, 0.717) is 11.7 Å². The van der Waals surface area contributed by atoms with Crippen LogP contribution in [0.3, 0.4) is 0 Å². The third kappa shape index (κ3) is 2.56. The monoisotopic (exact) mass is 270 g/mol. The van der Waals surface area contributed by atoms with Crippen molar-refractivity contribution in [3.8, 4) is 0 Å². The number of aromatic nitrogens is 1. The Balaban J connectivity index is 1.78. The second kappa shape index (κ2) is 5.29. The highest BCUT2D eigenvalue weighted by atomic mass is 15.2. The summed E-state index contributed by atoms with van der Waals surface area (Å²) in [5.41, 5.74) is 8.78. The van der Waals surface area contributed by atoms with Crippen molar-refractivity contribution >= 4 is 22.3 Å². The fourth-order valence-corrected chi connectivity index (χ4v) is 2.59. The van der Waals surface area contributed by atoms with Crippen LogP contribution in [0.4, 0.5) is 11.4 Å². The number of nitrogen functional groups attached to an aromatic ring is 1. The standard InChI is InChI=1S/C16H22N4/c1-11(20(2)12-7-8-12)9-19-16-13-5-3-4-6-15(13)18-10-14(16)17/h3-6,10-12H,7-9,17H2,1-2H3,(H,18,19). The maximum Gasteiger partial charge on any atom is 0.0743 e. The average molecular weight is 270 g/mol. The van der Waals surface area contributed by atoms with Gasteiger partial charge in [-0.1, -0.05) is 18.2 Å². The summed E-state index contributed by atoms with van der Waals surface area (Å²) < 4.78 is 0. The average Bonchev–Trinajstić information content (AvgIpc) is 3.29. The number of nitrogens with zero attached hydrogens (tertiary/aromatic N) is 2. The lowest BCUT2D eigenvalue weighted by Crippen LogP contribution is -2.36. The molecule has 0 saturated heterocycles. The van der Waals surface area contributed by atoms with Gasteiger partial charge in [-0.2, -0.15) is 0 Å². The Morgan fingerprint density at radius 3 is 2.90 bits per heavy atom. The summed E-state index contributed by atoms with van der Waals surface area (Å²) >= 11 is 0. The van der Waals surface area contributed by atoms with Crippen molar-refractivity contribution in [3.63, 3.8) is 0 Å². The molecule has 0 radical (unpaired) electrons. The molecule has 1 aromatic carbocycles. The number of nitrogens with two attached hydrogens (primary N) is 1. The van der Waals surface area contributed by atoms with E-state index in [2.05, 4.69) is 35.2 Å². The maximum absolute atomic E-state index is 6.08. The van der Waals surface area contributed by atoms with E-state index in [4.69, 9.17) is 5.73 Å². The van der Waals surface area contributed by atoms with E-state index in [1.165, 1.54) is 12.8 Å². The van der Waals surface area contributed by atoms with Crippen molar-refractivity contribution in [2.45, 2.75) is 31.8 Å². The van der Waals surface area contributed by atoms with Crippen LogP contribution in [0.15, 0.2) is 30.5 Å². The number of hydrogen-bond donors (Lipinski definition) is 2. The topological polar surface area (TPSA) is 54.2 Å². The van der Waals surface area contributed by atoms with Gasteiger partial charge in [0.05, 0.1) is 23.1 Å². The molecule has 1 saturated carbocycles. The minimum absolute atomic E-state index is 0.494. The summed E-state index contributed by atoms with van der Waals surface area (Å²) in [7, 11) is 2.21. The number of para-hydroxylation sites is 1. The normalized spacial score (nSPS) is 16.6. The first-order chi connectivity index (χ1) is 9.66. The third-order valence-electron chi connectivity index (χ3n) is 4.20. The van der Waals surface area contributed by atoms with Crippen LogP contribution in [-0.2, 0) is 0 Å². The Kier molecular flexibility index (Phi) is 3.49. The summed E-state index contributed by atoms with van der Waals surface area (Å²) in [6, 6.07) is 9.37. The molecule has 1 heterocycles. The van der Waals surface area contributed by atoms with Crippen molar-refractivity contribution in [1.82, 2.24) is 9.88 Å². The largest absolute Gasteiger partial charge is 0.396 e. The van der Waals surface area contributed by atoms with Crippen LogP contribution < -0.4 is 11.1 Å². The summed E-state index contributed by atoms with van der Waals surface area (Å²) in [4.78, 5) is 6.82. The maximum atomic E-state index is 6.08. The quantitative estimate of drug-likeness (QED) is 0.877. The highest BCUT2D eigenvalue weighted by Gasteiger charge is 2.28. The predicted molar refractivity (Wildman–Crippen MR) is 84.9 cm³/mol. The smallest absolute Gasteiger partial charge is 0.0743 e. The predicted octanol–water partition coefficient (Wildman–Crippen LogP) is 2.71. The highest BCUT2D eigenvalue weighted by molar-refractivity contribution is 5.96. The van der Waals surface area contributed by atoms with Gasteiger partial charge in [0.2, 0.25) is 0 Å². The molecule has 106 valence electrons. The molecule has 0 spiro atoms. The van der Waals surface area contributed by atoms with Crippen LogP contribution in [-0.4, -0.2) is 35.6 Å². The van der Waals surface area contributed by atoms with Crippen molar-refractivity contribution < 1.29 is 0 Å². The minimum atomic E-state index is 0.494. The van der Waals surface area contributed by atoms with E-state index in [1.54, 1.807) is 6.20 Å². The Morgan fingerprint density at radius 1 is 1.40 bits per heavy atom. The molecule has 1 aromatic heterocycles. The zero-order valence-electron chi connectivity index (χ0n) is 12.1. The molecule has 4 nitrogen and oxygen atoms in total. The number of likely N-dealkylation sites (N-methyl/N-ethyl adjacent to an activating group) is 1. The number of nitrogens with one attached hydrogen (secondary N) is 1. The van der Waals surface area contributed by atoms with Crippen LogP contribution in [0.5, 0.6) is 0 Å². The van der Waals surface area contributed by atoms with Gasteiger partial charge < -0.3 is 11.1 Å². The molecular weight excluding hydrogens is 248 g/mol. The Labute approximate surface area is 120 Å². The molecule has 1 aliphatic rings. The van der Waals surface area contributed by atoms with Crippen LogP contribution in [0.2, 0.25) is 0 Å². The molecule has 2 aromatic rings. The van der Waals surface area contributed by atoms with Gasteiger partial charge in [0.1, 0.15) is 0 Å². The summed E-state index contributed by atoms with van der Waals surface area (Å²) in [5, 5.41) is 4.60. The fourth-order valence-electron chi connectivity index (χ4n) is 2.59. The Hall–Kier alpha value is -1.81. The second-order valence-electron chi connectivity index (χ2n) is 5.73. The van der Waals surface area contributed by atoms with Gasteiger partial charge >= 0.3 is 0 Å². The molecule has 20 heavy (non-hydrogen) atoms. The molecule has 1 unspecified atom stereocenters. The first-order valence-electron chi connectivity index (χ1n) is 7.26. The number of rotatable bonds is 5. The van der Waals surface area contributed by atoms with E-state index in [1.807, 2.05) is 18.2 Å². The van der Waals surface area contributed by atoms with Crippen LogP contribution in [0.25, 0.3) is 10.9 Å². The molecule has 0 amide bonds. The molecule has 3 rings (SSSR count). The van der Waals surface area contributed by atoms with E-state index < -0.39 is 0 Å². The molecule has 3 N–H and O–H groups in total. The van der Waals surface area contributed by atoms with Gasteiger partial charge in [-0.3, -0.25) is 9.88 Å². The number of fused-ring (bicyclic) bond motifs is 1. The second-order valence-corrected chi connectivity index (χ2v) is 5.73. The number of benzene rings is 1. The van der Waals surface area contributed by atoms with Gasteiger partial charge in [-0.15, -0.1) is 0 Å². The van der Waals surface area contributed by atoms with Crippen molar-refractivity contribution in [3.05, 3.63) is 30.5 Å². The van der Waals surface area contributed by atoms with Gasteiger partial charge in [0, 0.05) is 24.0 Å². The van der Waals surface area contributed by atoms with Crippen molar-refractivity contribution in [1.29, 1.82) is 0 Å². The van der Waals surface area contributed by atoms with Crippen LogP contribution in [0, 0.1) is 0 Å². The van der Waals surface area contributed by atoms with E-state index >= 15 is 0 Å². The molecule has 1 fully saturated rings.